The van der Waals surface area contributed by atoms with Crippen LogP contribution in [0.2, 0.25) is 5.02 Å². The zero-order chi connectivity index (χ0) is 24.8. The van der Waals surface area contributed by atoms with Crippen LogP contribution in [-0.4, -0.2) is 49.9 Å². The largest absolute Gasteiger partial charge is 0.481 e. The number of methoxy groups -OCH3 is 1. The number of rotatable bonds is 7. The average molecular weight is 508 g/mol. The molecule has 6 rings (SSSR count). The topological polar surface area (TPSA) is 105 Å². The fourth-order valence-corrected chi connectivity index (χ4v) is 5.43. The summed E-state index contributed by atoms with van der Waals surface area (Å²) in [4.78, 5) is 32.5. The molecular weight excluding hydrogens is 478 g/mol. The molecule has 4 heterocycles. The molecule has 9 nitrogen and oxygen atoms in total. The van der Waals surface area contributed by atoms with Crippen molar-refractivity contribution in [2.45, 2.75) is 51.4 Å². The molecule has 1 aliphatic heterocycles. The van der Waals surface area contributed by atoms with Gasteiger partial charge in [0, 0.05) is 41.4 Å². The van der Waals surface area contributed by atoms with Crippen molar-refractivity contribution < 1.29 is 4.74 Å². The second-order valence-corrected chi connectivity index (χ2v) is 10.4. The predicted octanol–water partition coefficient (Wildman–Crippen LogP) is 4.53. The summed E-state index contributed by atoms with van der Waals surface area (Å²) in [7, 11) is 1.63. The third-order valence-corrected chi connectivity index (χ3v) is 7.63. The number of anilines is 1. The fourth-order valence-electron chi connectivity index (χ4n) is 5.25. The summed E-state index contributed by atoms with van der Waals surface area (Å²) in [5.41, 5.74) is 3.60. The lowest BCUT2D eigenvalue weighted by Gasteiger charge is -2.33. The van der Waals surface area contributed by atoms with Crippen molar-refractivity contribution in [1.82, 2.24) is 29.7 Å². The number of benzene rings is 1. The molecule has 1 saturated heterocycles. The first-order valence-corrected chi connectivity index (χ1v) is 13.0. The maximum Gasteiger partial charge on any atom is 0.277 e. The average Bonchev–Trinajstić information content (AvgIpc) is 3.56. The quantitative estimate of drug-likeness (QED) is 0.381. The highest BCUT2D eigenvalue weighted by atomic mass is 35.5. The van der Waals surface area contributed by atoms with Crippen molar-refractivity contribution >= 4 is 28.5 Å². The van der Waals surface area contributed by atoms with E-state index in [0.717, 1.165) is 85.5 Å². The van der Waals surface area contributed by atoms with E-state index in [9.17, 15) is 4.79 Å². The molecular formula is C26H30ClN7O2. The SMILES string of the molecule is COc1cc(N2CCC(CCc3c(C4CC4)[nH]n(-c4nc5ccc(Cl)cc5[nH]4)c3=O)CC2)nc(C)n1. The normalized spacial score (nSPS) is 16.7. The van der Waals surface area contributed by atoms with Gasteiger partial charge in [-0.3, -0.25) is 9.89 Å². The van der Waals surface area contributed by atoms with Crippen LogP contribution in [0.4, 0.5) is 5.82 Å². The lowest BCUT2D eigenvalue weighted by atomic mass is 9.90. The van der Waals surface area contributed by atoms with Gasteiger partial charge in [-0.1, -0.05) is 11.6 Å². The lowest BCUT2D eigenvalue weighted by molar-refractivity contribution is 0.377. The molecule has 2 fully saturated rings. The van der Waals surface area contributed by atoms with Gasteiger partial charge in [-0.05, 0) is 69.6 Å². The molecule has 1 saturated carbocycles. The molecule has 0 bridgehead atoms. The third kappa shape index (κ3) is 4.48. The number of aromatic nitrogens is 6. The minimum absolute atomic E-state index is 0.00282. The maximum atomic E-state index is 13.5. The van der Waals surface area contributed by atoms with E-state index in [1.54, 1.807) is 17.9 Å². The van der Waals surface area contributed by atoms with E-state index in [1.807, 2.05) is 25.1 Å². The van der Waals surface area contributed by atoms with E-state index in [-0.39, 0.29) is 5.56 Å². The number of hydrogen-bond donors (Lipinski definition) is 2. The van der Waals surface area contributed by atoms with Crippen LogP contribution in [0.3, 0.4) is 0 Å². The molecule has 0 unspecified atom stereocenters. The van der Waals surface area contributed by atoms with Crippen LogP contribution in [0.1, 0.15) is 55.1 Å². The van der Waals surface area contributed by atoms with E-state index in [1.165, 1.54) is 0 Å². The van der Waals surface area contributed by atoms with Gasteiger partial charge in [0.25, 0.3) is 5.56 Å². The van der Waals surface area contributed by atoms with E-state index in [0.29, 0.717) is 28.7 Å². The Bertz CT molecular complexity index is 1460. The van der Waals surface area contributed by atoms with Crippen molar-refractivity contribution in [3.8, 4) is 11.8 Å². The van der Waals surface area contributed by atoms with Crippen molar-refractivity contribution in [2.24, 2.45) is 5.92 Å². The number of ether oxygens (including phenoxy) is 1. The Morgan fingerprint density at radius 2 is 1.92 bits per heavy atom. The number of aromatic amines is 2. The molecule has 2 aliphatic rings. The smallest absolute Gasteiger partial charge is 0.277 e. The Morgan fingerprint density at radius 1 is 1.11 bits per heavy atom. The predicted molar refractivity (Wildman–Crippen MR) is 140 cm³/mol. The summed E-state index contributed by atoms with van der Waals surface area (Å²) in [5.74, 6) is 3.78. The molecule has 36 heavy (non-hydrogen) atoms. The van der Waals surface area contributed by atoms with Gasteiger partial charge in [0.1, 0.15) is 11.6 Å². The van der Waals surface area contributed by atoms with E-state index in [2.05, 4.69) is 29.9 Å². The fraction of sp³-hybridized carbons (Fsp3) is 0.462. The van der Waals surface area contributed by atoms with Crippen molar-refractivity contribution in [2.75, 3.05) is 25.1 Å². The third-order valence-electron chi connectivity index (χ3n) is 7.40. The second kappa shape index (κ2) is 9.28. The number of fused-ring (bicyclic) bond motifs is 1. The molecule has 2 N–H and O–H groups in total. The summed E-state index contributed by atoms with van der Waals surface area (Å²) in [6.45, 7) is 3.78. The summed E-state index contributed by atoms with van der Waals surface area (Å²) in [6, 6.07) is 7.40. The molecule has 10 heteroatoms. The van der Waals surface area contributed by atoms with E-state index >= 15 is 0 Å². The first-order valence-electron chi connectivity index (χ1n) is 12.6. The standard InChI is InChI=1S/C26H30ClN7O2/c1-15-28-22(14-23(29-15)36-2)33-11-9-16(10-12-33)3-7-19-24(17-4-5-17)32-34(25(19)35)26-30-20-8-6-18(27)13-21(20)31-26/h6,8,13-14,16-17,32H,3-5,7,9-12H2,1-2H3,(H,30,31). The van der Waals surface area contributed by atoms with Crippen molar-refractivity contribution in [3.05, 3.63) is 56.7 Å². The highest BCUT2D eigenvalue weighted by molar-refractivity contribution is 6.31. The van der Waals surface area contributed by atoms with Crippen LogP contribution in [-0.2, 0) is 6.42 Å². The highest BCUT2D eigenvalue weighted by Crippen LogP contribution is 2.40. The maximum absolute atomic E-state index is 13.5. The Labute approximate surface area is 213 Å². The van der Waals surface area contributed by atoms with E-state index < -0.39 is 0 Å². The van der Waals surface area contributed by atoms with Crippen LogP contribution in [0.15, 0.2) is 29.1 Å². The van der Waals surface area contributed by atoms with Crippen LogP contribution in [0.25, 0.3) is 17.0 Å². The van der Waals surface area contributed by atoms with Gasteiger partial charge >= 0.3 is 0 Å². The zero-order valence-corrected chi connectivity index (χ0v) is 21.3. The van der Waals surface area contributed by atoms with Gasteiger partial charge in [-0.25, -0.2) is 9.97 Å². The van der Waals surface area contributed by atoms with Crippen LogP contribution < -0.4 is 15.2 Å². The summed E-state index contributed by atoms with van der Waals surface area (Å²) >= 11 is 6.12. The molecule has 188 valence electrons. The summed E-state index contributed by atoms with van der Waals surface area (Å²) in [5, 5.41) is 4.01. The first kappa shape index (κ1) is 23.1. The number of aryl methyl sites for hydroxylation is 1. The Balaban J connectivity index is 1.16. The minimum atomic E-state index is 0.00282. The Morgan fingerprint density at radius 3 is 2.67 bits per heavy atom. The number of imidazole rings is 1. The van der Waals surface area contributed by atoms with Crippen molar-refractivity contribution in [1.29, 1.82) is 0 Å². The van der Waals surface area contributed by atoms with Crippen LogP contribution in [0.5, 0.6) is 5.88 Å². The Hall–Kier alpha value is -3.33. The van der Waals surface area contributed by atoms with Gasteiger partial charge in [-0.15, -0.1) is 0 Å². The van der Waals surface area contributed by atoms with Gasteiger partial charge in [0.2, 0.25) is 11.8 Å². The number of hydrogen-bond acceptors (Lipinski definition) is 6. The van der Waals surface area contributed by atoms with Gasteiger partial charge in [0.15, 0.2) is 0 Å². The molecule has 3 aromatic heterocycles. The number of halogens is 1. The zero-order valence-electron chi connectivity index (χ0n) is 20.6. The number of nitrogens with zero attached hydrogens (tertiary/aromatic N) is 5. The van der Waals surface area contributed by atoms with Gasteiger partial charge in [-0.2, -0.15) is 9.67 Å². The molecule has 1 aliphatic carbocycles. The first-order chi connectivity index (χ1) is 17.5. The minimum Gasteiger partial charge on any atom is -0.481 e. The van der Waals surface area contributed by atoms with E-state index in [4.69, 9.17) is 16.3 Å². The number of H-pyrrole nitrogens is 2. The molecule has 0 radical (unpaired) electrons. The molecule has 4 aromatic rings. The highest BCUT2D eigenvalue weighted by Gasteiger charge is 2.31. The second-order valence-electron chi connectivity index (χ2n) is 9.93. The van der Waals surface area contributed by atoms with Crippen molar-refractivity contribution in [3.63, 3.8) is 0 Å². The van der Waals surface area contributed by atoms with Gasteiger partial charge in [0.05, 0.1) is 18.1 Å². The summed E-state index contributed by atoms with van der Waals surface area (Å²) < 4.78 is 6.89. The monoisotopic (exact) mass is 507 g/mol. The van der Waals surface area contributed by atoms with Gasteiger partial charge < -0.3 is 14.6 Å². The lowest BCUT2D eigenvalue weighted by Crippen LogP contribution is -2.34. The van der Waals surface area contributed by atoms with Crippen LogP contribution in [0, 0.1) is 12.8 Å². The molecule has 1 aromatic carbocycles. The van der Waals surface area contributed by atoms with Crippen LogP contribution >= 0.6 is 11.6 Å². The molecule has 0 amide bonds. The Kier molecular flexibility index (Phi) is 5.95. The molecule has 0 spiro atoms. The summed E-state index contributed by atoms with van der Waals surface area (Å²) in [6.07, 6.45) is 6.19. The number of nitrogens with one attached hydrogen (secondary N) is 2. The number of piperidine rings is 1. The molecule has 0 atom stereocenters.